The quantitative estimate of drug-likeness (QED) is 0.509. The van der Waals surface area contributed by atoms with Crippen LogP contribution in [0.2, 0.25) is 0 Å². The average molecular weight is 496 g/mol. The number of rotatable bonds is 7. The SMILES string of the molecule is CC(NC(=O)OCc1ccccc1)C(=O)Nc1cccc2c(S(=O)(=O)N3CCCCC3)cccc12. The number of nitrogens with zero attached hydrogens (tertiary/aromatic N) is 1. The average Bonchev–Trinajstić information content (AvgIpc) is 2.88. The highest BCUT2D eigenvalue weighted by atomic mass is 32.2. The zero-order valence-electron chi connectivity index (χ0n) is 19.6. The van der Waals surface area contributed by atoms with Gasteiger partial charge in [0.25, 0.3) is 0 Å². The van der Waals surface area contributed by atoms with E-state index in [2.05, 4.69) is 10.6 Å². The molecule has 2 amide bonds. The summed E-state index contributed by atoms with van der Waals surface area (Å²) in [5.74, 6) is -0.446. The van der Waals surface area contributed by atoms with Gasteiger partial charge in [0.15, 0.2) is 0 Å². The molecule has 1 aliphatic heterocycles. The Labute approximate surface area is 205 Å². The predicted octanol–water partition coefficient (Wildman–Crippen LogP) is 4.27. The van der Waals surface area contributed by atoms with E-state index in [0.29, 0.717) is 29.5 Å². The molecule has 0 aromatic heterocycles. The summed E-state index contributed by atoms with van der Waals surface area (Å²) in [6.45, 7) is 2.67. The van der Waals surface area contributed by atoms with Gasteiger partial charge in [0.1, 0.15) is 12.6 Å². The first kappa shape index (κ1) is 24.7. The molecule has 1 atom stereocenters. The fourth-order valence-electron chi connectivity index (χ4n) is 4.11. The summed E-state index contributed by atoms with van der Waals surface area (Å²) in [6.07, 6.45) is 2.03. The highest BCUT2D eigenvalue weighted by Crippen LogP contribution is 2.31. The molecule has 0 saturated carbocycles. The normalized spacial score (nSPS) is 15.3. The zero-order valence-corrected chi connectivity index (χ0v) is 20.4. The number of fused-ring (bicyclic) bond motifs is 1. The van der Waals surface area contributed by atoms with Gasteiger partial charge in [0.2, 0.25) is 15.9 Å². The van der Waals surface area contributed by atoms with Gasteiger partial charge in [-0.25, -0.2) is 13.2 Å². The maximum atomic E-state index is 13.3. The van der Waals surface area contributed by atoms with E-state index >= 15 is 0 Å². The number of nitrogens with one attached hydrogen (secondary N) is 2. The van der Waals surface area contributed by atoms with Crippen molar-refractivity contribution in [2.45, 2.75) is 43.7 Å². The molecule has 4 rings (SSSR count). The third-order valence-electron chi connectivity index (χ3n) is 6.01. The van der Waals surface area contributed by atoms with Crippen LogP contribution in [0.5, 0.6) is 0 Å². The Balaban J connectivity index is 1.46. The number of hydrogen-bond donors (Lipinski definition) is 2. The van der Waals surface area contributed by atoms with Gasteiger partial charge in [0.05, 0.1) is 4.90 Å². The molecule has 184 valence electrons. The number of carbonyl (C=O) groups is 2. The standard InChI is InChI=1S/C26H29N3O5S/c1-19(27-26(31)34-18-20-10-4-2-5-11-20)25(30)28-23-14-8-13-22-21(23)12-9-15-24(22)35(32,33)29-16-6-3-7-17-29/h2,4-5,8-15,19H,3,6-7,16-18H2,1H3,(H,27,31)(H,28,30). The third-order valence-corrected chi connectivity index (χ3v) is 7.97. The highest BCUT2D eigenvalue weighted by Gasteiger charge is 2.28. The van der Waals surface area contributed by atoms with Crippen LogP contribution in [0.15, 0.2) is 71.6 Å². The zero-order chi connectivity index (χ0) is 24.8. The number of hydrogen-bond acceptors (Lipinski definition) is 5. The summed E-state index contributed by atoms with van der Waals surface area (Å²) in [5.41, 5.74) is 1.31. The second-order valence-corrected chi connectivity index (χ2v) is 10.4. The van der Waals surface area contributed by atoms with E-state index in [1.165, 1.54) is 4.31 Å². The van der Waals surface area contributed by atoms with Gasteiger partial charge in [0, 0.05) is 29.5 Å². The second kappa shape index (κ2) is 10.9. The molecule has 1 fully saturated rings. The van der Waals surface area contributed by atoms with Crippen molar-refractivity contribution in [2.24, 2.45) is 0 Å². The second-order valence-electron chi connectivity index (χ2n) is 8.54. The molecule has 0 radical (unpaired) electrons. The van der Waals surface area contributed by atoms with Crippen LogP contribution in [-0.4, -0.2) is 43.9 Å². The van der Waals surface area contributed by atoms with Crippen molar-refractivity contribution >= 4 is 38.5 Å². The monoisotopic (exact) mass is 495 g/mol. The van der Waals surface area contributed by atoms with E-state index in [1.807, 2.05) is 30.3 Å². The van der Waals surface area contributed by atoms with Gasteiger partial charge in [-0.15, -0.1) is 0 Å². The van der Waals surface area contributed by atoms with E-state index in [4.69, 9.17) is 4.74 Å². The number of anilines is 1. The van der Waals surface area contributed by atoms with Crippen molar-refractivity contribution in [1.82, 2.24) is 9.62 Å². The molecule has 1 aliphatic rings. The Bertz CT molecular complexity index is 1310. The maximum Gasteiger partial charge on any atom is 0.408 e. The molecule has 8 nitrogen and oxygen atoms in total. The van der Waals surface area contributed by atoms with Gasteiger partial charge in [-0.3, -0.25) is 4.79 Å². The molecule has 1 saturated heterocycles. The van der Waals surface area contributed by atoms with Crippen molar-refractivity contribution < 1.29 is 22.7 Å². The fraction of sp³-hybridized carbons (Fsp3) is 0.308. The predicted molar refractivity (Wildman–Crippen MR) is 134 cm³/mol. The topological polar surface area (TPSA) is 105 Å². The van der Waals surface area contributed by atoms with E-state index in [1.54, 1.807) is 43.3 Å². The molecule has 0 spiro atoms. The number of amides is 2. The third kappa shape index (κ3) is 5.80. The lowest BCUT2D eigenvalue weighted by Crippen LogP contribution is -2.41. The van der Waals surface area contributed by atoms with Crippen molar-refractivity contribution in [1.29, 1.82) is 0 Å². The Hall–Kier alpha value is -3.43. The summed E-state index contributed by atoms with van der Waals surface area (Å²) in [4.78, 5) is 25.1. The summed E-state index contributed by atoms with van der Waals surface area (Å²) >= 11 is 0. The van der Waals surface area contributed by atoms with Crippen molar-refractivity contribution in [3.63, 3.8) is 0 Å². The lowest BCUT2D eigenvalue weighted by molar-refractivity contribution is -0.117. The van der Waals surface area contributed by atoms with E-state index in [9.17, 15) is 18.0 Å². The van der Waals surface area contributed by atoms with E-state index in [-0.39, 0.29) is 11.5 Å². The molecule has 0 aliphatic carbocycles. The van der Waals surface area contributed by atoms with Gasteiger partial charge in [-0.1, -0.05) is 61.0 Å². The highest BCUT2D eigenvalue weighted by molar-refractivity contribution is 7.89. The van der Waals surface area contributed by atoms with Crippen molar-refractivity contribution in [3.05, 3.63) is 72.3 Å². The molecule has 0 bridgehead atoms. The fourth-order valence-corrected chi connectivity index (χ4v) is 5.83. The Kier molecular flexibility index (Phi) is 7.67. The first-order valence-electron chi connectivity index (χ1n) is 11.7. The lowest BCUT2D eigenvalue weighted by atomic mass is 10.1. The minimum Gasteiger partial charge on any atom is -0.445 e. The first-order chi connectivity index (χ1) is 16.9. The van der Waals surface area contributed by atoms with Crippen LogP contribution in [0, 0.1) is 0 Å². The molecular weight excluding hydrogens is 466 g/mol. The number of ether oxygens (including phenoxy) is 1. The molecular formula is C26H29N3O5S. The number of carbonyl (C=O) groups excluding carboxylic acids is 2. The Morgan fingerprint density at radius 1 is 0.914 bits per heavy atom. The minimum absolute atomic E-state index is 0.0958. The van der Waals surface area contributed by atoms with Crippen molar-refractivity contribution in [3.8, 4) is 0 Å². The molecule has 3 aromatic carbocycles. The van der Waals surface area contributed by atoms with Crippen LogP contribution in [0.3, 0.4) is 0 Å². The minimum atomic E-state index is -3.65. The molecule has 3 aromatic rings. The molecule has 35 heavy (non-hydrogen) atoms. The van der Waals surface area contributed by atoms with Crippen LogP contribution < -0.4 is 10.6 Å². The number of piperidine rings is 1. The van der Waals surface area contributed by atoms with Crippen LogP contribution in [0.1, 0.15) is 31.7 Å². The largest absolute Gasteiger partial charge is 0.445 e. The van der Waals surface area contributed by atoms with Gasteiger partial charge < -0.3 is 15.4 Å². The van der Waals surface area contributed by atoms with Gasteiger partial charge in [-0.2, -0.15) is 4.31 Å². The van der Waals surface area contributed by atoms with Crippen LogP contribution >= 0.6 is 0 Å². The molecule has 2 N–H and O–H groups in total. The Morgan fingerprint density at radius 2 is 1.60 bits per heavy atom. The van der Waals surface area contributed by atoms with Crippen LogP contribution in [0.4, 0.5) is 10.5 Å². The van der Waals surface area contributed by atoms with E-state index < -0.39 is 28.1 Å². The summed E-state index contributed by atoms with van der Waals surface area (Å²) < 4.78 is 33.3. The summed E-state index contributed by atoms with van der Waals surface area (Å²) in [6, 6.07) is 18.6. The van der Waals surface area contributed by atoms with Crippen LogP contribution in [-0.2, 0) is 26.2 Å². The molecule has 1 heterocycles. The number of sulfonamides is 1. The van der Waals surface area contributed by atoms with Gasteiger partial charge >= 0.3 is 6.09 Å². The first-order valence-corrected chi connectivity index (χ1v) is 13.1. The lowest BCUT2D eigenvalue weighted by Gasteiger charge is -2.26. The van der Waals surface area contributed by atoms with Gasteiger partial charge in [-0.05, 0) is 37.5 Å². The maximum absolute atomic E-state index is 13.3. The van der Waals surface area contributed by atoms with E-state index in [0.717, 1.165) is 24.8 Å². The molecule has 1 unspecified atom stereocenters. The van der Waals surface area contributed by atoms with Crippen LogP contribution in [0.25, 0.3) is 10.8 Å². The smallest absolute Gasteiger partial charge is 0.408 e. The number of alkyl carbamates (subject to hydrolysis) is 1. The summed E-state index contributed by atoms with van der Waals surface area (Å²) in [5, 5.41) is 6.48. The van der Waals surface area contributed by atoms with Crippen molar-refractivity contribution in [2.75, 3.05) is 18.4 Å². The molecule has 9 heteroatoms. The summed E-state index contributed by atoms with van der Waals surface area (Å²) in [7, 11) is -3.65. The number of benzene rings is 3. The Morgan fingerprint density at radius 3 is 2.34 bits per heavy atom.